The molecule has 0 aliphatic heterocycles. The third-order valence-electron chi connectivity index (χ3n) is 0. The van der Waals surface area contributed by atoms with E-state index in [1.807, 2.05) is 0 Å². The molecule has 0 saturated carbocycles. The van der Waals surface area contributed by atoms with E-state index in [-0.39, 0.29) is 72.7 Å². The Balaban J connectivity index is -0.00000000750. The van der Waals surface area contributed by atoms with Crippen LogP contribution in [0.4, 0.5) is 0 Å². The average Bonchev–Trinajstić information content (AvgIpc) is 0.811. The maximum atomic E-state index is 2.17. The molecule has 0 bridgehead atoms. The molecule has 0 aliphatic carbocycles. The number of hydrogen-bond donors (Lipinski definition) is 0. The molecule has 0 heterocycles. The van der Waals surface area contributed by atoms with Crippen molar-refractivity contribution in [3.05, 3.63) is 0 Å². The Bertz CT molecular complexity index is 16.0. The Morgan fingerprint density at radius 3 is 0.750 bits per heavy atom. The Morgan fingerprint density at radius 1 is 0.750 bits per heavy atom. The molecule has 0 rings (SSSR count). The molecule has 0 aromatic rings. The molecule has 0 radical (unpaired) electrons. The minimum atomic E-state index is 0. The third-order valence-corrected chi connectivity index (χ3v) is 0. The summed E-state index contributed by atoms with van der Waals surface area (Å²) in [6.07, 6.45) is 0. The monoisotopic (exact) mass is 346 g/mol. The van der Waals surface area contributed by atoms with E-state index in [0.29, 0.717) is 0 Å². The van der Waals surface area contributed by atoms with Gasteiger partial charge in [-0.05, 0) is 5.92 Å². The Labute approximate surface area is 98.4 Å². The molecule has 0 spiro atoms. The Morgan fingerprint density at radius 2 is 0.750 bits per heavy atom. The van der Waals surface area contributed by atoms with Crippen molar-refractivity contribution < 1.29 is 21.7 Å². The summed E-state index contributed by atoms with van der Waals surface area (Å²) in [6.45, 7) is 6.50. The molecule has 0 fully saturated rings. The van der Waals surface area contributed by atoms with Gasteiger partial charge in [0.25, 0.3) is 0 Å². The first-order chi connectivity index (χ1) is 1.73. The average molecular weight is 349 g/mol. The van der Waals surface area contributed by atoms with E-state index in [1.165, 1.54) is 0 Å². The SMILES string of the molecule is Br.Br.Br.CC(C)C.[Ti]. The fourth-order valence-electron chi connectivity index (χ4n) is 0. The fraction of sp³-hybridized carbons (Fsp3) is 1.00. The van der Waals surface area contributed by atoms with Crippen LogP contribution < -0.4 is 0 Å². The van der Waals surface area contributed by atoms with Crippen LogP contribution in [-0.4, -0.2) is 0 Å². The summed E-state index contributed by atoms with van der Waals surface area (Å²) >= 11 is 0. The zero-order chi connectivity index (χ0) is 3.58. The van der Waals surface area contributed by atoms with E-state index in [0.717, 1.165) is 5.92 Å². The standard InChI is InChI=1S/C4H10.3BrH.Ti/c1-4(2)3;;;;/h4H,1-3H3;3*1H;. The summed E-state index contributed by atoms with van der Waals surface area (Å²) in [5.74, 6) is 0.833. The minimum absolute atomic E-state index is 0. The quantitative estimate of drug-likeness (QED) is 0.589. The largest absolute Gasteiger partial charge is 0.114 e. The molecular weight excluding hydrogens is 336 g/mol. The van der Waals surface area contributed by atoms with Crippen molar-refractivity contribution in [2.24, 2.45) is 5.92 Å². The zero-order valence-electron chi connectivity index (χ0n) is 5.30. The first kappa shape index (κ1) is 32.0. The van der Waals surface area contributed by atoms with Crippen LogP contribution in [0, 0.1) is 5.92 Å². The van der Waals surface area contributed by atoms with Gasteiger partial charge in [0.2, 0.25) is 0 Å². The summed E-state index contributed by atoms with van der Waals surface area (Å²) in [7, 11) is 0. The normalized spacial score (nSPS) is 4.50. The predicted molar refractivity (Wildman–Crippen MR) is 51.5 cm³/mol. The second kappa shape index (κ2) is 22.9. The Kier molecular flexibility index (Phi) is 91.7. The van der Waals surface area contributed by atoms with Crippen LogP contribution in [0.15, 0.2) is 0 Å². The van der Waals surface area contributed by atoms with Gasteiger partial charge in [-0.3, -0.25) is 0 Å². The number of hydrogen-bond acceptors (Lipinski definition) is 0. The first-order valence-electron chi connectivity index (χ1n) is 1.73. The van der Waals surface area contributed by atoms with E-state index < -0.39 is 0 Å². The second-order valence-corrected chi connectivity index (χ2v) is 1.73. The van der Waals surface area contributed by atoms with Crippen LogP contribution in [0.25, 0.3) is 0 Å². The number of rotatable bonds is 0. The molecule has 8 heavy (non-hydrogen) atoms. The molecule has 0 unspecified atom stereocenters. The summed E-state index contributed by atoms with van der Waals surface area (Å²) in [4.78, 5) is 0. The maximum absolute atomic E-state index is 2.17. The van der Waals surface area contributed by atoms with Crippen LogP contribution in [0.1, 0.15) is 20.8 Å². The second-order valence-electron chi connectivity index (χ2n) is 1.73. The van der Waals surface area contributed by atoms with Gasteiger partial charge in [0.1, 0.15) is 0 Å². The molecular formula is C4H13Br3Ti. The van der Waals surface area contributed by atoms with Crippen LogP contribution >= 0.6 is 50.9 Å². The van der Waals surface area contributed by atoms with Gasteiger partial charge in [0.15, 0.2) is 0 Å². The van der Waals surface area contributed by atoms with E-state index in [9.17, 15) is 0 Å². The smallest absolute Gasteiger partial charge is 0 e. The van der Waals surface area contributed by atoms with E-state index in [4.69, 9.17) is 0 Å². The van der Waals surface area contributed by atoms with Gasteiger partial charge in [0, 0.05) is 21.7 Å². The van der Waals surface area contributed by atoms with Crippen molar-refractivity contribution in [2.45, 2.75) is 20.8 Å². The number of halogens is 3. The molecule has 0 aromatic carbocycles. The minimum Gasteiger partial charge on any atom is -0.114 e. The van der Waals surface area contributed by atoms with Crippen molar-refractivity contribution in [1.82, 2.24) is 0 Å². The van der Waals surface area contributed by atoms with Gasteiger partial charge >= 0.3 is 0 Å². The van der Waals surface area contributed by atoms with Crippen LogP contribution in [-0.2, 0) is 21.7 Å². The molecule has 0 aliphatic rings. The van der Waals surface area contributed by atoms with E-state index >= 15 is 0 Å². The van der Waals surface area contributed by atoms with Crippen molar-refractivity contribution in [3.8, 4) is 0 Å². The van der Waals surface area contributed by atoms with Gasteiger partial charge in [-0.15, -0.1) is 50.9 Å². The molecule has 4 heteroatoms. The van der Waals surface area contributed by atoms with Crippen LogP contribution in [0.3, 0.4) is 0 Å². The topological polar surface area (TPSA) is 0 Å². The molecule has 0 amide bonds. The predicted octanol–water partition coefficient (Wildman–Crippen LogP) is 3.39. The molecule has 0 N–H and O–H groups in total. The van der Waals surface area contributed by atoms with E-state index in [2.05, 4.69) is 20.8 Å². The summed E-state index contributed by atoms with van der Waals surface area (Å²) in [5.41, 5.74) is 0. The van der Waals surface area contributed by atoms with Gasteiger partial charge in [-0.25, -0.2) is 0 Å². The van der Waals surface area contributed by atoms with Gasteiger partial charge < -0.3 is 0 Å². The molecule has 0 aromatic heterocycles. The fourth-order valence-corrected chi connectivity index (χ4v) is 0. The Hall–Kier alpha value is 2.15. The first-order valence-corrected chi connectivity index (χ1v) is 1.73. The summed E-state index contributed by atoms with van der Waals surface area (Å²) < 4.78 is 0. The van der Waals surface area contributed by atoms with Crippen molar-refractivity contribution >= 4 is 50.9 Å². The molecule has 0 atom stereocenters. The van der Waals surface area contributed by atoms with Crippen molar-refractivity contribution in [1.29, 1.82) is 0 Å². The third kappa shape index (κ3) is 89.9. The van der Waals surface area contributed by atoms with Crippen LogP contribution in [0.5, 0.6) is 0 Å². The molecule has 0 nitrogen and oxygen atoms in total. The van der Waals surface area contributed by atoms with E-state index in [1.54, 1.807) is 0 Å². The van der Waals surface area contributed by atoms with Gasteiger partial charge in [-0.1, -0.05) is 20.8 Å². The van der Waals surface area contributed by atoms with Gasteiger partial charge in [-0.2, -0.15) is 0 Å². The summed E-state index contributed by atoms with van der Waals surface area (Å²) in [5, 5.41) is 0. The molecule has 54 valence electrons. The zero-order valence-corrected chi connectivity index (χ0v) is 12.0. The van der Waals surface area contributed by atoms with Crippen molar-refractivity contribution in [2.75, 3.05) is 0 Å². The van der Waals surface area contributed by atoms with Crippen molar-refractivity contribution in [3.63, 3.8) is 0 Å². The maximum Gasteiger partial charge on any atom is 0 e. The summed E-state index contributed by atoms with van der Waals surface area (Å²) in [6, 6.07) is 0. The van der Waals surface area contributed by atoms with Crippen LogP contribution in [0.2, 0.25) is 0 Å². The van der Waals surface area contributed by atoms with Gasteiger partial charge in [0.05, 0.1) is 0 Å². The molecule has 0 saturated heterocycles.